The Bertz CT molecular complexity index is 1740. The molecule has 0 aliphatic carbocycles. The maximum absolute atomic E-state index is 7.28. The van der Waals surface area contributed by atoms with Crippen LogP contribution < -0.4 is 25.3 Å². The molecule has 5 aromatic rings. The smallest absolute Gasteiger partial charge is 0.261 e. The minimum absolute atomic E-state index is 0.0446. The van der Waals surface area contributed by atoms with E-state index in [4.69, 9.17) is 19.1 Å². The maximum atomic E-state index is 7.28. The van der Waals surface area contributed by atoms with Gasteiger partial charge in [0.15, 0.2) is 0 Å². The van der Waals surface area contributed by atoms with Crippen LogP contribution >= 0.6 is 0 Å². The number of anilines is 2. The summed E-state index contributed by atoms with van der Waals surface area (Å²) < 4.78 is 12.7. The molecule has 0 spiro atoms. The highest BCUT2D eigenvalue weighted by Crippen LogP contribution is 2.37. The number of rotatable bonds is 13. The van der Waals surface area contributed by atoms with Crippen molar-refractivity contribution in [3.05, 3.63) is 138 Å². The van der Waals surface area contributed by atoms with Crippen LogP contribution in [0, 0.1) is 0 Å². The molecule has 0 saturated heterocycles. The van der Waals surface area contributed by atoms with Gasteiger partial charge in [-0.25, -0.2) is 9.97 Å². The number of nitrogens with one attached hydrogen (secondary N) is 1. The Kier molecular flexibility index (Phi) is 12.2. The van der Waals surface area contributed by atoms with E-state index in [1.54, 1.807) is 13.4 Å². The summed E-state index contributed by atoms with van der Waals surface area (Å²) in [6, 6.07) is 40.8. The number of hydrogen-bond donors (Lipinski definition) is 1. The van der Waals surface area contributed by atoms with Crippen LogP contribution in [-0.4, -0.2) is 56.5 Å². The molecule has 0 atom stereocenters. The van der Waals surface area contributed by atoms with Crippen molar-refractivity contribution in [1.82, 2.24) is 14.9 Å². The Morgan fingerprint density at radius 2 is 1.37 bits per heavy atom. The number of fused-ring (bicyclic) bond motifs is 1. The molecule has 0 saturated carbocycles. The molecule has 2 heterocycles. The second kappa shape index (κ2) is 17.1. The molecule has 7 nitrogen and oxygen atoms in total. The molecule has 0 bridgehead atoms. The minimum Gasteiger partial charge on any atom is -0.497 e. The van der Waals surface area contributed by atoms with Crippen molar-refractivity contribution in [1.29, 1.82) is 0 Å². The largest absolute Gasteiger partial charge is 0.497 e. The zero-order chi connectivity index (χ0) is 35.5. The predicted molar refractivity (Wildman–Crippen MR) is 213 cm³/mol. The van der Waals surface area contributed by atoms with Gasteiger partial charge in [-0.3, -0.25) is 4.90 Å². The average molecular weight is 700 g/mol. The van der Waals surface area contributed by atoms with Crippen LogP contribution in [0.3, 0.4) is 0 Å². The third-order valence-corrected chi connectivity index (χ3v) is 15.0. The Morgan fingerprint density at radius 1 is 0.745 bits per heavy atom. The molecule has 0 radical (unpaired) electrons. The first kappa shape index (κ1) is 36.3. The quantitative estimate of drug-likeness (QED) is 0.100. The van der Waals surface area contributed by atoms with Gasteiger partial charge in [-0.2, -0.15) is 0 Å². The molecule has 8 heteroatoms. The summed E-state index contributed by atoms with van der Waals surface area (Å²) in [5.74, 6) is 2.76. The summed E-state index contributed by atoms with van der Waals surface area (Å²) >= 11 is 0. The Morgan fingerprint density at radius 3 is 2.00 bits per heavy atom. The molecule has 6 rings (SSSR count). The lowest BCUT2D eigenvalue weighted by molar-refractivity contribution is 0.221. The number of benzene rings is 4. The lowest BCUT2D eigenvalue weighted by Gasteiger charge is -2.43. The van der Waals surface area contributed by atoms with E-state index in [1.165, 1.54) is 21.5 Å². The number of nitrogens with zero attached hydrogens (tertiary/aromatic N) is 4. The summed E-state index contributed by atoms with van der Waals surface area (Å²) in [7, 11) is -0.890. The molecule has 1 aliphatic rings. The summed E-state index contributed by atoms with van der Waals surface area (Å²) in [5, 5.41) is 6.28. The van der Waals surface area contributed by atoms with Crippen molar-refractivity contribution in [2.24, 2.45) is 0 Å². The van der Waals surface area contributed by atoms with Gasteiger partial charge in [-0.05, 0) is 64.5 Å². The average Bonchev–Trinajstić information content (AvgIpc) is 3.24. The number of hydrogen-bond acceptors (Lipinski definition) is 7. The molecule has 4 aromatic carbocycles. The van der Waals surface area contributed by atoms with E-state index in [1.807, 2.05) is 12.1 Å². The van der Waals surface area contributed by atoms with Crippen LogP contribution in [-0.2, 0) is 24.1 Å². The standard InChI is InChI=1S/C43H53N5O2Si/c1-43(2,3)51(38-19-10-6-11-20-38,39-21-12-7-13-22-39)50-30-16-28-47-27-14-15-29-48(32-36-17-8-5-9-18-36)42-40(33-47)41(45-34-46-42)44-31-35-23-25-37(49-4)26-24-35/h5-13,17-26,34H,14-16,27-33H2,1-4H3,(H,44,45,46). The number of ether oxygens (including phenoxy) is 1. The molecule has 1 N–H and O–H groups in total. The summed E-state index contributed by atoms with van der Waals surface area (Å²) in [6.45, 7) is 12.9. The van der Waals surface area contributed by atoms with E-state index in [-0.39, 0.29) is 5.04 Å². The topological polar surface area (TPSA) is 62.8 Å². The third-order valence-electron chi connectivity index (χ3n) is 9.95. The van der Waals surface area contributed by atoms with Crippen LogP contribution in [0.4, 0.5) is 11.6 Å². The van der Waals surface area contributed by atoms with E-state index >= 15 is 0 Å². The predicted octanol–water partition coefficient (Wildman–Crippen LogP) is 7.67. The molecular weight excluding hydrogens is 647 g/mol. The first-order valence-corrected chi connectivity index (χ1v) is 20.2. The lowest BCUT2D eigenvalue weighted by atomic mass is 10.1. The minimum atomic E-state index is -2.59. The van der Waals surface area contributed by atoms with Crippen LogP contribution in [0.15, 0.2) is 122 Å². The van der Waals surface area contributed by atoms with Gasteiger partial charge >= 0.3 is 0 Å². The molecule has 0 fully saturated rings. The highest BCUT2D eigenvalue weighted by atomic mass is 28.4. The monoisotopic (exact) mass is 699 g/mol. The van der Waals surface area contributed by atoms with Crippen LogP contribution in [0.1, 0.15) is 56.7 Å². The fraction of sp³-hybridized carbons (Fsp3) is 0.349. The fourth-order valence-corrected chi connectivity index (χ4v) is 12.0. The molecule has 266 valence electrons. The van der Waals surface area contributed by atoms with Gasteiger partial charge in [0.2, 0.25) is 0 Å². The van der Waals surface area contributed by atoms with Gasteiger partial charge in [-0.15, -0.1) is 0 Å². The Balaban J connectivity index is 1.24. The SMILES string of the molecule is COc1ccc(CNc2ncnc3c2CN(CCCO[Si](c2ccccc2)(c2ccccc2)C(C)(C)C)CCCCN3Cc2ccccc2)cc1. The molecular formula is C43H53N5O2Si. The highest BCUT2D eigenvalue weighted by molar-refractivity contribution is 6.99. The summed E-state index contributed by atoms with van der Waals surface area (Å²) in [5.41, 5.74) is 3.60. The number of methoxy groups -OCH3 is 1. The second-order valence-corrected chi connectivity index (χ2v) is 18.8. The van der Waals surface area contributed by atoms with Crippen LogP contribution in [0.5, 0.6) is 5.75 Å². The van der Waals surface area contributed by atoms with E-state index in [9.17, 15) is 0 Å². The fourth-order valence-electron chi connectivity index (χ4n) is 7.37. The van der Waals surface area contributed by atoms with Gasteiger partial charge in [0.1, 0.15) is 23.7 Å². The molecule has 1 aromatic heterocycles. The molecule has 0 unspecified atom stereocenters. The van der Waals surface area contributed by atoms with E-state index in [0.717, 1.165) is 74.9 Å². The van der Waals surface area contributed by atoms with Gasteiger partial charge in [-0.1, -0.05) is 124 Å². The van der Waals surface area contributed by atoms with E-state index < -0.39 is 8.32 Å². The molecule has 0 amide bonds. The van der Waals surface area contributed by atoms with Crippen molar-refractivity contribution < 1.29 is 9.16 Å². The van der Waals surface area contributed by atoms with Gasteiger partial charge < -0.3 is 19.4 Å². The first-order valence-electron chi connectivity index (χ1n) is 18.3. The molecule has 51 heavy (non-hydrogen) atoms. The van der Waals surface area contributed by atoms with E-state index in [2.05, 4.69) is 139 Å². The normalized spacial score (nSPS) is 14.2. The first-order chi connectivity index (χ1) is 24.9. The number of aromatic nitrogens is 2. The summed E-state index contributed by atoms with van der Waals surface area (Å²) in [6.07, 6.45) is 4.87. The zero-order valence-corrected chi connectivity index (χ0v) is 31.7. The Hall–Kier alpha value is -4.50. The maximum Gasteiger partial charge on any atom is 0.261 e. The van der Waals surface area contributed by atoms with Crippen LogP contribution in [0.2, 0.25) is 5.04 Å². The van der Waals surface area contributed by atoms with Gasteiger partial charge in [0, 0.05) is 39.3 Å². The highest BCUT2D eigenvalue weighted by Gasteiger charge is 2.50. The van der Waals surface area contributed by atoms with Crippen molar-refractivity contribution >= 4 is 30.3 Å². The van der Waals surface area contributed by atoms with Crippen molar-refractivity contribution in [3.63, 3.8) is 0 Å². The lowest BCUT2D eigenvalue weighted by Crippen LogP contribution is -2.66. The van der Waals surface area contributed by atoms with Gasteiger partial charge in [0.25, 0.3) is 8.32 Å². The van der Waals surface area contributed by atoms with Crippen LogP contribution in [0.25, 0.3) is 0 Å². The summed E-state index contributed by atoms with van der Waals surface area (Å²) in [4.78, 5) is 14.8. The molecule has 1 aliphatic heterocycles. The van der Waals surface area contributed by atoms with E-state index in [0.29, 0.717) is 13.2 Å². The van der Waals surface area contributed by atoms with Crippen molar-refractivity contribution in [2.45, 2.75) is 64.7 Å². The Labute approximate surface area is 305 Å². The second-order valence-electron chi connectivity index (χ2n) is 14.5. The zero-order valence-electron chi connectivity index (χ0n) is 30.7. The third kappa shape index (κ3) is 8.87. The van der Waals surface area contributed by atoms with Crippen molar-refractivity contribution in [2.75, 3.05) is 43.6 Å². The van der Waals surface area contributed by atoms with Gasteiger partial charge in [0.05, 0.1) is 12.7 Å². The van der Waals surface area contributed by atoms with Crippen molar-refractivity contribution in [3.8, 4) is 5.75 Å².